The predicted molar refractivity (Wildman–Crippen MR) is 78.7 cm³/mol. The molecule has 1 aromatic rings. The Morgan fingerprint density at radius 2 is 2.24 bits per heavy atom. The minimum absolute atomic E-state index is 0.416. The summed E-state index contributed by atoms with van der Waals surface area (Å²) in [4.78, 5) is 22.7. The molecule has 2 N–H and O–H groups in total. The number of carboxylic acid groups (broad SMARTS) is 1. The van der Waals surface area contributed by atoms with Gasteiger partial charge in [-0.2, -0.15) is 0 Å². The van der Waals surface area contributed by atoms with Crippen LogP contribution in [-0.2, 0) is 9.59 Å². The van der Waals surface area contributed by atoms with Crippen LogP contribution in [0.3, 0.4) is 0 Å². The van der Waals surface area contributed by atoms with E-state index in [4.69, 9.17) is 9.52 Å². The monoisotopic (exact) mass is 291 g/mol. The van der Waals surface area contributed by atoms with Crippen molar-refractivity contribution >= 4 is 18.0 Å². The van der Waals surface area contributed by atoms with Crippen molar-refractivity contribution in [2.75, 3.05) is 0 Å². The van der Waals surface area contributed by atoms with E-state index >= 15 is 0 Å². The van der Waals surface area contributed by atoms with E-state index in [1.165, 1.54) is 6.08 Å². The van der Waals surface area contributed by atoms with Crippen LogP contribution in [0.15, 0.2) is 22.6 Å². The zero-order valence-corrected chi connectivity index (χ0v) is 12.3. The van der Waals surface area contributed by atoms with Gasteiger partial charge in [0.05, 0.1) is 0 Å². The Morgan fingerprint density at radius 1 is 1.52 bits per heavy atom. The first kappa shape index (κ1) is 15.4. The fraction of sp³-hybridized carbons (Fsp3) is 0.500. The third-order valence-electron chi connectivity index (χ3n) is 3.71. The van der Waals surface area contributed by atoms with Crippen molar-refractivity contribution in [1.82, 2.24) is 5.32 Å². The molecule has 1 saturated carbocycles. The zero-order valence-electron chi connectivity index (χ0n) is 12.3. The molecule has 2 rings (SSSR count). The zero-order chi connectivity index (χ0) is 15.4. The molecule has 1 aliphatic rings. The summed E-state index contributed by atoms with van der Waals surface area (Å²) in [6.07, 6.45) is 5.14. The third-order valence-corrected chi connectivity index (χ3v) is 3.71. The van der Waals surface area contributed by atoms with E-state index in [1.54, 1.807) is 6.08 Å². The number of rotatable bonds is 7. The second-order valence-electron chi connectivity index (χ2n) is 5.58. The normalized spacial score (nSPS) is 22.2. The minimum atomic E-state index is -1.01. The van der Waals surface area contributed by atoms with Gasteiger partial charge in [-0.3, -0.25) is 4.79 Å². The third kappa shape index (κ3) is 4.21. The summed E-state index contributed by atoms with van der Waals surface area (Å²) in [5.74, 6) is 1.30. The molecule has 0 aliphatic heterocycles. The Labute approximate surface area is 124 Å². The van der Waals surface area contributed by atoms with E-state index in [2.05, 4.69) is 12.2 Å². The van der Waals surface area contributed by atoms with E-state index in [0.29, 0.717) is 30.4 Å². The predicted octanol–water partition coefficient (Wildman–Crippen LogP) is 2.79. The van der Waals surface area contributed by atoms with Crippen molar-refractivity contribution in [2.45, 2.75) is 45.1 Å². The molecular formula is C16H21NO4. The number of aliphatic carboxylic acids is 1. The molecule has 2 unspecified atom stereocenters. The van der Waals surface area contributed by atoms with Gasteiger partial charge in [-0.15, -0.1) is 0 Å². The summed E-state index contributed by atoms with van der Waals surface area (Å²) in [7, 11) is 0. The van der Waals surface area contributed by atoms with Gasteiger partial charge in [-0.05, 0) is 37.0 Å². The van der Waals surface area contributed by atoms with Crippen LogP contribution in [0, 0.1) is 5.92 Å². The van der Waals surface area contributed by atoms with E-state index in [-0.39, 0.29) is 0 Å². The van der Waals surface area contributed by atoms with Crippen LogP contribution in [0.25, 0.3) is 6.08 Å². The molecule has 0 aromatic carbocycles. The number of hydrogen-bond donors (Lipinski definition) is 2. The van der Waals surface area contributed by atoms with Crippen molar-refractivity contribution < 1.29 is 19.1 Å². The van der Waals surface area contributed by atoms with Crippen molar-refractivity contribution in [1.29, 1.82) is 0 Å². The highest BCUT2D eigenvalue weighted by molar-refractivity contribution is 5.94. The maximum absolute atomic E-state index is 11.7. The first-order chi connectivity index (χ1) is 10.0. The lowest BCUT2D eigenvalue weighted by atomic mass is 10.1. The average molecular weight is 291 g/mol. The largest absolute Gasteiger partial charge is 0.480 e. The van der Waals surface area contributed by atoms with Gasteiger partial charge in [0.2, 0.25) is 5.91 Å². The highest BCUT2D eigenvalue weighted by Crippen LogP contribution is 2.47. The number of amides is 1. The van der Waals surface area contributed by atoms with Gasteiger partial charge in [0.15, 0.2) is 0 Å². The molecule has 1 fully saturated rings. The van der Waals surface area contributed by atoms with Gasteiger partial charge in [-0.1, -0.05) is 20.3 Å². The van der Waals surface area contributed by atoms with Gasteiger partial charge >= 0.3 is 5.97 Å². The molecule has 21 heavy (non-hydrogen) atoms. The molecule has 1 heterocycles. The maximum Gasteiger partial charge on any atom is 0.326 e. The Balaban J connectivity index is 1.89. The minimum Gasteiger partial charge on any atom is -0.480 e. The van der Waals surface area contributed by atoms with Crippen LogP contribution < -0.4 is 5.32 Å². The quantitative estimate of drug-likeness (QED) is 0.757. The number of nitrogens with one attached hydrogen (secondary N) is 1. The van der Waals surface area contributed by atoms with Gasteiger partial charge in [0.25, 0.3) is 0 Å². The first-order valence-corrected chi connectivity index (χ1v) is 7.32. The molecule has 1 amide bonds. The van der Waals surface area contributed by atoms with Gasteiger partial charge in [0, 0.05) is 12.0 Å². The van der Waals surface area contributed by atoms with Crippen LogP contribution in [-0.4, -0.2) is 23.0 Å². The molecule has 0 radical (unpaired) electrons. The number of carboxylic acids is 1. The molecule has 0 saturated heterocycles. The van der Waals surface area contributed by atoms with Crippen molar-refractivity contribution in [3.05, 3.63) is 29.7 Å². The Hall–Kier alpha value is -2.04. The van der Waals surface area contributed by atoms with E-state index < -0.39 is 17.9 Å². The molecule has 0 bridgehead atoms. The van der Waals surface area contributed by atoms with Crippen molar-refractivity contribution in [3.63, 3.8) is 0 Å². The lowest BCUT2D eigenvalue weighted by Crippen LogP contribution is -2.39. The SMILES string of the molecule is CCC[C@@H](NC(=O)/C=C/c1ccc(C2CC2C)o1)C(=O)O. The number of hydrogen-bond acceptors (Lipinski definition) is 3. The Morgan fingerprint density at radius 3 is 2.81 bits per heavy atom. The summed E-state index contributed by atoms with van der Waals surface area (Å²) in [5, 5.41) is 11.4. The molecular weight excluding hydrogens is 270 g/mol. The molecule has 5 heteroatoms. The molecule has 1 aromatic heterocycles. The standard InChI is InChI=1S/C16H21NO4/c1-3-4-13(16(19)20)17-15(18)8-6-11-5-7-14(21-11)12-9-10(12)2/h5-8,10,12-13H,3-4,9H2,1-2H3,(H,17,18)(H,19,20)/b8-6+/t10?,12?,13-/m1/s1. The lowest BCUT2D eigenvalue weighted by molar-refractivity contribution is -0.141. The van der Waals surface area contributed by atoms with E-state index in [9.17, 15) is 9.59 Å². The number of furan rings is 1. The number of carbonyl (C=O) groups excluding carboxylic acids is 1. The second-order valence-corrected chi connectivity index (χ2v) is 5.58. The lowest BCUT2D eigenvalue weighted by Gasteiger charge is -2.11. The highest BCUT2D eigenvalue weighted by Gasteiger charge is 2.36. The Bertz CT molecular complexity index is 546. The van der Waals surface area contributed by atoms with Crippen molar-refractivity contribution in [2.24, 2.45) is 5.92 Å². The summed E-state index contributed by atoms with van der Waals surface area (Å²) in [5.41, 5.74) is 0. The van der Waals surface area contributed by atoms with Gasteiger partial charge in [0.1, 0.15) is 17.6 Å². The summed E-state index contributed by atoms with van der Waals surface area (Å²) >= 11 is 0. The van der Waals surface area contributed by atoms with Crippen LogP contribution >= 0.6 is 0 Å². The van der Waals surface area contributed by atoms with E-state index in [0.717, 1.165) is 12.2 Å². The fourth-order valence-corrected chi connectivity index (χ4v) is 2.30. The molecule has 114 valence electrons. The van der Waals surface area contributed by atoms with Crippen LogP contribution in [0.4, 0.5) is 0 Å². The van der Waals surface area contributed by atoms with Crippen LogP contribution in [0.1, 0.15) is 50.5 Å². The molecule has 5 nitrogen and oxygen atoms in total. The van der Waals surface area contributed by atoms with Crippen molar-refractivity contribution in [3.8, 4) is 0 Å². The van der Waals surface area contributed by atoms with Crippen LogP contribution in [0.2, 0.25) is 0 Å². The average Bonchev–Trinajstić information content (AvgIpc) is 2.99. The van der Waals surface area contributed by atoms with Gasteiger partial charge < -0.3 is 14.8 Å². The summed E-state index contributed by atoms with van der Waals surface area (Å²) < 4.78 is 5.65. The van der Waals surface area contributed by atoms with Gasteiger partial charge in [-0.25, -0.2) is 4.79 Å². The maximum atomic E-state index is 11.7. The van der Waals surface area contributed by atoms with Crippen LogP contribution in [0.5, 0.6) is 0 Å². The highest BCUT2D eigenvalue weighted by atomic mass is 16.4. The summed E-state index contributed by atoms with van der Waals surface area (Å²) in [6, 6.07) is 2.92. The number of carbonyl (C=O) groups is 2. The first-order valence-electron chi connectivity index (χ1n) is 7.32. The fourth-order valence-electron chi connectivity index (χ4n) is 2.30. The second kappa shape index (κ2) is 6.61. The Kier molecular flexibility index (Phi) is 4.83. The topological polar surface area (TPSA) is 79.5 Å². The molecule has 3 atom stereocenters. The molecule has 1 aliphatic carbocycles. The van der Waals surface area contributed by atoms with E-state index in [1.807, 2.05) is 19.1 Å². The smallest absolute Gasteiger partial charge is 0.326 e. The summed E-state index contributed by atoms with van der Waals surface area (Å²) in [6.45, 7) is 4.05. The molecule has 0 spiro atoms.